The zero-order valence-corrected chi connectivity index (χ0v) is 19.5. The molecule has 3 rings (SSSR count). The Morgan fingerprint density at radius 3 is 2.36 bits per heavy atom. The summed E-state index contributed by atoms with van der Waals surface area (Å²) < 4.78 is 85.4. The Morgan fingerprint density at radius 1 is 1.06 bits per heavy atom. The van der Waals surface area contributed by atoms with E-state index >= 15 is 0 Å². The molecule has 9 nitrogen and oxygen atoms in total. The number of amides is 2. The van der Waals surface area contributed by atoms with E-state index in [0.29, 0.717) is 17.2 Å². The number of hydrogen-bond acceptors (Lipinski definition) is 6. The monoisotopic (exact) mass is 517 g/mol. The Bertz CT molecular complexity index is 1270. The van der Waals surface area contributed by atoms with Crippen molar-refractivity contribution in [1.29, 1.82) is 0 Å². The molecule has 0 saturated heterocycles. The first kappa shape index (κ1) is 26.7. The molecule has 194 valence electrons. The van der Waals surface area contributed by atoms with Crippen molar-refractivity contribution in [3.8, 4) is 17.1 Å². The fourth-order valence-corrected chi connectivity index (χ4v) is 3.23. The van der Waals surface area contributed by atoms with Crippen LogP contribution in [0.25, 0.3) is 11.3 Å². The van der Waals surface area contributed by atoms with Crippen LogP contribution in [0.1, 0.15) is 35.1 Å². The minimum atomic E-state index is -4.76. The number of pyridine rings is 1. The highest BCUT2D eigenvalue weighted by molar-refractivity contribution is 5.89. The van der Waals surface area contributed by atoms with Crippen molar-refractivity contribution >= 4 is 11.7 Å². The van der Waals surface area contributed by atoms with E-state index in [0.717, 1.165) is 10.7 Å². The van der Waals surface area contributed by atoms with Gasteiger partial charge in [-0.05, 0) is 38.0 Å². The second-order valence-corrected chi connectivity index (χ2v) is 7.63. The predicted octanol–water partition coefficient (Wildman–Crippen LogP) is 4.65. The first-order valence-electron chi connectivity index (χ1n) is 10.4. The number of aromatic nitrogens is 5. The number of nitrogens with zero attached hydrogens (tertiary/aromatic N) is 5. The molecule has 0 spiro atoms. The number of halogens is 6. The maximum absolute atomic E-state index is 13.4. The molecule has 3 heterocycles. The summed E-state index contributed by atoms with van der Waals surface area (Å²) in [7, 11) is 1.35. The number of aryl methyl sites for hydroxylation is 1. The van der Waals surface area contributed by atoms with Crippen molar-refractivity contribution in [3.05, 3.63) is 46.5 Å². The van der Waals surface area contributed by atoms with E-state index in [4.69, 9.17) is 4.74 Å². The summed E-state index contributed by atoms with van der Waals surface area (Å²) >= 11 is 0. The lowest BCUT2D eigenvalue weighted by molar-refractivity contribution is -0.142. The molecule has 0 aliphatic rings. The number of urea groups is 1. The number of anilines is 1. The molecule has 0 aromatic carbocycles. The number of ether oxygens (including phenoxy) is 1. The van der Waals surface area contributed by atoms with Gasteiger partial charge in [0.1, 0.15) is 0 Å². The SMILES string of the molecule is CCOc1cc(NC(=O)NCc2nnc(-c3cn(C)nc3C(F)(F)F)c(C)c2C)cc(C(F)(F)F)n1. The molecule has 0 fully saturated rings. The third-order valence-corrected chi connectivity index (χ3v) is 5.03. The molecular weight excluding hydrogens is 496 g/mol. The number of rotatable bonds is 6. The molecule has 0 saturated carbocycles. The van der Waals surface area contributed by atoms with E-state index in [-0.39, 0.29) is 41.7 Å². The lowest BCUT2D eigenvalue weighted by atomic mass is 10.0. The summed E-state index contributed by atoms with van der Waals surface area (Å²) in [5.74, 6) is -0.316. The molecule has 0 aliphatic carbocycles. The van der Waals surface area contributed by atoms with E-state index in [1.165, 1.54) is 13.2 Å². The Morgan fingerprint density at radius 2 is 1.75 bits per heavy atom. The molecule has 2 N–H and O–H groups in total. The Kier molecular flexibility index (Phi) is 7.40. The molecule has 2 amide bonds. The summed E-state index contributed by atoms with van der Waals surface area (Å²) in [5.41, 5.74) is -1.68. The molecule has 3 aromatic heterocycles. The first-order chi connectivity index (χ1) is 16.7. The van der Waals surface area contributed by atoms with Crippen LogP contribution in [0.4, 0.5) is 36.8 Å². The Hall–Kier alpha value is -3.91. The molecule has 0 bridgehead atoms. The maximum atomic E-state index is 13.4. The lowest BCUT2D eigenvalue weighted by Gasteiger charge is -2.14. The van der Waals surface area contributed by atoms with Gasteiger partial charge in [0.25, 0.3) is 0 Å². The van der Waals surface area contributed by atoms with Crippen LogP contribution >= 0.6 is 0 Å². The van der Waals surface area contributed by atoms with E-state index in [9.17, 15) is 31.1 Å². The van der Waals surface area contributed by atoms with Gasteiger partial charge < -0.3 is 15.4 Å². The standard InChI is InChI=1S/C21H21F6N7O2/c1-5-36-16-7-12(6-15(30-16)20(22,23)24)29-19(35)28-8-14-10(2)11(3)17(32-31-14)13-9-34(4)33-18(13)21(25,26)27/h6-7,9H,5,8H2,1-4H3,(H2,28,29,30,35). The molecule has 3 aromatic rings. The van der Waals surface area contributed by atoms with Gasteiger partial charge in [0.05, 0.1) is 30.1 Å². The largest absolute Gasteiger partial charge is 0.478 e. The predicted molar refractivity (Wildman–Crippen MR) is 115 cm³/mol. The van der Waals surface area contributed by atoms with Crippen molar-refractivity contribution in [1.82, 2.24) is 30.3 Å². The van der Waals surface area contributed by atoms with Gasteiger partial charge >= 0.3 is 18.4 Å². The van der Waals surface area contributed by atoms with Crippen LogP contribution in [0.15, 0.2) is 18.3 Å². The van der Waals surface area contributed by atoms with Crippen LogP contribution in [0, 0.1) is 13.8 Å². The molecule has 36 heavy (non-hydrogen) atoms. The van der Waals surface area contributed by atoms with Gasteiger partial charge in [0, 0.05) is 25.0 Å². The minimum Gasteiger partial charge on any atom is -0.478 e. The van der Waals surface area contributed by atoms with Gasteiger partial charge in [-0.1, -0.05) is 0 Å². The van der Waals surface area contributed by atoms with Crippen molar-refractivity contribution in [2.24, 2.45) is 7.05 Å². The van der Waals surface area contributed by atoms with E-state index in [1.807, 2.05) is 0 Å². The average molecular weight is 517 g/mol. The molecule has 0 unspecified atom stereocenters. The van der Waals surface area contributed by atoms with Gasteiger partial charge in [0.2, 0.25) is 5.88 Å². The third kappa shape index (κ3) is 6.01. The van der Waals surface area contributed by atoms with Crippen LogP contribution < -0.4 is 15.4 Å². The highest BCUT2D eigenvalue weighted by Crippen LogP contribution is 2.37. The lowest BCUT2D eigenvalue weighted by Crippen LogP contribution is -2.29. The second-order valence-electron chi connectivity index (χ2n) is 7.63. The number of nitrogens with one attached hydrogen (secondary N) is 2. The zero-order chi connectivity index (χ0) is 26.8. The summed E-state index contributed by atoms with van der Waals surface area (Å²) in [6.07, 6.45) is -8.27. The molecule has 0 radical (unpaired) electrons. The maximum Gasteiger partial charge on any atom is 0.435 e. The molecule has 15 heteroatoms. The van der Waals surface area contributed by atoms with Gasteiger partial charge in [-0.3, -0.25) is 4.68 Å². The van der Waals surface area contributed by atoms with E-state index in [1.54, 1.807) is 20.8 Å². The van der Waals surface area contributed by atoms with Gasteiger partial charge in [-0.15, -0.1) is 5.10 Å². The highest BCUT2D eigenvalue weighted by atomic mass is 19.4. The quantitative estimate of drug-likeness (QED) is 0.461. The second kappa shape index (κ2) is 9.99. The van der Waals surface area contributed by atoms with Crippen molar-refractivity contribution in [2.75, 3.05) is 11.9 Å². The highest BCUT2D eigenvalue weighted by Gasteiger charge is 2.38. The van der Waals surface area contributed by atoms with Crippen LogP contribution in [0.5, 0.6) is 5.88 Å². The summed E-state index contributed by atoms with van der Waals surface area (Å²) in [5, 5.41) is 16.0. The Labute approximate surface area is 200 Å². The van der Waals surface area contributed by atoms with Crippen molar-refractivity contribution in [2.45, 2.75) is 39.7 Å². The smallest absolute Gasteiger partial charge is 0.435 e. The zero-order valence-electron chi connectivity index (χ0n) is 19.5. The van der Waals surface area contributed by atoms with Gasteiger partial charge in [0.15, 0.2) is 11.4 Å². The summed E-state index contributed by atoms with van der Waals surface area (Å²) in [6.45, 7) is 4.59. The molecular formula is C21H21F6N7O2. The fourth-order valence-electron chi connectivity index (χ4n) is 3.23. The van der Waals surface area contributed by atoms with Crippen molar-refractivity contribution < 1.29 is 35.9 Å². The summed E-state index contributed by atoms with van der Waals surface area (Å²) in [4.78, 5) is 15.7. The third-order valence-electron chi connectivity index (χ3n) is 5.03. The van der Waals surface area contributed by atoms with Crippen molar-refractivity contribution in [3.63, 3.8) is 0 Å². The Balaban J connectivity index is 1.78. The van der Waals surface area contributed by atoms with Crippen LogP contribution in [-0.2, 0) is 25.9 Å². The van der Waals surface area contributed by atoms with Crippen LogP contribution in [0.3, 0.4) is 0 Å². The average Bonchev–Trinajstić information content (AvgIpc) is 3.16. The minimum absolute atomic E-state index is 0.0129. The molecule has 0 atom stereocenters. The summed E-state index contributed by atoms with van der Waals surface area (Å²) in [6, 6.07) is 0.929. The topological polar surface area (TPSA) is 107 Å². The van der Waals surface area contributed by atoms with E-state index in [2.05, 4.69) is 30.9 Å². The normalized spacial score (nSPS) is 11.9. The van der Waals surface area contributed by atoms with E-state index < -0.39 is 29.8 Å². The number of carbonyl (C=O) groups is 1. The van der Waals surface area contributed by atoms with Crippen LogP contribution in [-0.4, -0.2) is 37.6 Å². The number of hydrogen-bond donors (Lipinski definition) is 2. The first-order valence-corrected chi connectivity index (χ1v) is 10.4. The molecule has 0 aliphatic heterocycles. The van der Waals surface area contributed by atoms with Crippen LogP contribution in [0.2, 0.25) is 0 Å². The van der Waals surface area contributed by atoms with Gasteiger partial charge in [-0.25, -0.2) is 9.78 Å². The number of carbonyl (C=O) groups excluding carboxylic acids is 1. The number of alkyl halides is 6. The van der Waals surface area contributed by atoms with Gasteiger partial charge in [-0.2, -0.15) is 36.5 Å². The fraction of sp³-hybridized carbons (Fsp3) is 0.381.